The minimum Gasteiger partial charge on any atom is -0.340 e. The highest BCUT2D eigenvalue weighted by Gasteiger charge is 2.20. The van der Waals surface area contributed by atoms with E-state index in [9.17, 15) is 4.79 Å². The summed E-state index contributed by atoms with van der Waals surface area (Å²) in [5.41, 5.74) is 4.88. The van der Waals surface area contributed by atoms with Crippen molar-refractivity contribution in [3.05, 3.63) is 35.4 Å². The van der Waals surface area contributed by atoms with Crippen LogP contribution in [0.15, 0.2) is 34.4 Å². The average Bonchev–Trinajstić information content (AvgIpc) is 3.20. The molecule has 2 aliphatic rings. The van der Waals surface area contributed by atoms with Gasteiger partial charge in [0.05, 0.1) is 0 Å². The monoisotopic (exact) mass is 401 g/mol. The van der Waals surface area contributed by atoms with E-state index in [1.54, 1.807) is 16.7 Å². The number of benzene rings is 1. The number of carbonyl (C=O) groups excluding carboxylic acids is 1. The van der Waals surface area contributed by atoms with Gasteiger partial charge in [-0.3, -0.25) is 15.2 Å². The van der Waals surface area contributed by atoms with Crippen LogP contribution in [-0.2, 0) is 0 Å². The molecule has 0 aromatic heterocycles. The molecule has 1 aromatic carbocycles. The third-order valence-electron chi connectivity index (χ3n) is 5.15. The standard InChI is InChI=1S/C21H31N5OS/c1-25(2)13-14-26(3)21(27)17-11-9-16(10-12-17)20-24-23-19(28-20)15-22-18-7-5-4-6-8-18/h9-12,15,18-19,23H,4-8,13-14H2,1-3H3. The number of likely N-dealkylation sites (N-methyl/N-ethyl adjacent to an activating group) is 2. The van der Waals surface area contributed by atoms with E-state index in [2.05, 4.69) is 15.4 Å². The smallest absolute Gasteiger partial charge is 0.253 e. The first kappa shape index (κ1) is 20.9. The molecule has 1 fully saturated rings. The zero-order chi connectivity index (χ0) is 19.9. The van der Waals surface area contributed by atoms with E-state index in [4.69, 9.17) is 4.99 Å². The molecular formula is C21H31N5OS. The van der Waals surface area contributed by atoms with E-state index in [-0.39, 0.29) is 11.3 Å². The number of aliphatic imine (C=N–C) groups is 1. The van der Waals surface area contributed by atoms with Crippen molar-refractivity contribution in [2.45, 2.75) is 43.5 Å². The summed E-state index contributed by atoms with van der Waals surface area (Å²) in [5.74, 6) is 0.0463. The molecule has 152 valence electrons. The van der Waals surface area contributed by atoms with Gasteiger partial charge >= 0.3 is 0 Å². The van der Waals surface area contributed by atoms with Gasteiger partial charge in [0.1, 0.15) is 10.4 Å². The summed E-state index contributed by atoms with van der Waals surface area (Å²) in [6.45, 7) is 1.56. The molecule has 1 heterocycles. The van der Waals surface area contributed by atoms with Crippen LogP contribution in [0.4, 0.5) is 0 Å². The van der Waals surface area contributed by atoms with Crippen molar-refractivity contribution >= 4 is 28.9 Å². The van der Waals surface area contributed by atoms with E-state index in [0.717, 1.165) is 17.2 Å². The maximum Gasteiger partial charge on any atom is 0.253 e. The minimum absolute atomic E-state index is 0.0463. The van der Waals surface area contributed by atoms with Crippen LogP contribution in [0.1, 0.15) is 48.0 Å². The molecule has 1 saturated carbocycles. The van der Waals surface area contributed by atoms with Crippen molar-refractivity contribution in [2.75, 3.05) is 34.2 Å². The summed E-state index contributed by atoms with van der Waals surface area (Å²) < 4.78 is 0. The molecule has 0 radical (unpaired) electrons. The van der Waals surface area contributed by atoms with Crippen molar-refractivity contribution in [1.29, 1.82) is 0 Å². The molecule has 3 rings (SSSR count). The summed E-state index contributed by atoms with van der Waals surface area (Å²) in [4.78, 5) is 21.1. The highest BCUT2D eigenvalue weighted by Crippen LogP contribution is 2.24. The lowest BCUT2D eigenvalue weighted by molar-refractivity contribution is 0.0786. The molecule has 1 amide bonds. The Bertz CT molecular complexity index is 710. The summed E-state index contributed by atoms with van der Waals surface area (Å²) in [5, 5.41) is 5.48. The van der Waals surface area contributed by atoms with E-state index in [1.165, 1.54) is 32.1 Å². The molecule has 0 saturated heterocycles. The normalized spacial score (nSPS) is 20.4. The maximum absolute atomic E-state index is 12.5. The second-order valence-electron chi connectivity index (χ2n) is 7.78. The molecule has 1 aromatic rings. The first-order chi connectivity index (χ1) is 13.5. The van der Waals surface area contributed by atoms with Gasteiger partial charge in [0.2, 0.25) is 0 Å². The molecule has 0 spiro atoms. The average molecular weight is 402 g/mol. The van der Waals surface area contributed by atoms with Gasteiger partial charge in [-0.05, 0) is 39.1 Å². The Kier molecular flexibility index (Phi) is 7.50. The van der Waals surface area contributed by atoms with Crippen molar-refractivity contribution in [3.63, 3.8) is 0 Å². The summed E-state index contributed by atoms with van der Waals surface area (Å²) in [7, 11) is 5.86. The van der Waals surface area contributed by atoms with Crippen molar-refractivity contribution in [1.82, 2.24) is 15.2 Å². The van der Waals surface area contributed by atoms with Crippen LogP contribution < -0.4 is 5.43 Å². The van der Waals surface area contributed by atoms with Crippen LogP contribution in [0.3, 0.4) is 0 Å². The second kappa shape index (κ2) is 10.1. The third kappa shape index (κ3) is 5.82. The molecule has 1 atom stereocenters. The van der Waals surface area contributed by atoms with E-state index >= 15 is 0 Å². The molecule has 0 bridgehead atoms. The molecule has 6 nitrogen and oxygen atoms in total. The van der Waals surface area contributed by atoms with Crippen molar-refractivity contribution in [3.8, 4) is 0 Å². The molecular weight excluding hydrogens is 370 g/mol. The summed E-state index contributed by atoms with van der Waals surface area (Å²) >= 11 is 1.67. The number of hydrazone groups is 1. The molecule has 7 heteroatoms. The van der Waals surface area contributed by atoms with Gasteiger partial charge in [0.15, 0.2) is 0 Å². The van der Waals surface area contributed by atoms with Crippen molar-refractivity contribution < 1.29 is 4.79 Å². The van der Waals surface area contributed by atoms with Crippen LogP contribution in [-0.4, -0.2) is 72.6 Å². The minimum atomic E-state index is 0.0463. The molecule has 1 N–H and O–H groups in total. The van der Waals surface area contributed by atoms with Gasteiger partial charge in [0.25, 0.3) is 5.91 Å². The Labute approximate surface area is 172 Å². The largest absolute Gasteiger partial charge is 0.340 e. The zero-order valence-electron chi connectivity index (χ0n) is 17.1. The number of hydrogen-bond donors (Lipinski definition) is 1. The lowest BCUT2D eigenvalue weighted by Gasteiger charge is -2.19. The Morgan fingerprint density at radius 1 is 1.18 bits per heavy atom. The Balaban J connectivity index is 1.52. The molecule has 1 aliphatic carbocycles. The van der Waals surface area contributed by atoms with Gasteiger partial charge < -0.3 is 9.80 Å². The van der Waals surface area contributed by atoms with Crippen LogP contribution in [0, 0.1) is 0 Å². The van der Waals surface area contributed by atoms with E-state index < -0.39 is 0 Å². The fraction of sp³-hybridized carbons (Fsp3) is 0.571. The molecule has 1 unspecified atom stereocenters. The van der Waals surface area contributed by atoms with Gasteiger partial charge in [-0.2, -0.15) is 5.10 Å². The van der Waals surface area contributed by atoms with E-state index in [1.807, 2.05) is 51.6 Å². The van der Waals surface area contributed by atoms with Gasteiger partial charge in [-0.15, -0.1) is 0 Å². The van der Waals surface area contributed by atoms with Crippen LogP contribution in [0.5, 0.6) is 0 Å². The Hall–Kier alpha value is -1.86. The molecule has 28 heavy (non-hydrogen) atoms. The summed E-state index contributed by atoms with van der Waals surface area (Å²) in [6.07, 6.45) is 8.36. The highest BCUT2D eigenvalue weighted by atomic mass is 32.2. The zero-order valence-corrected chi connectivity index (χ0v) is 17.9. The quantitative estimate of drug-likeness (QED) is 0.714. The molecule has 1 aliphatic heterocycles. The highest BCUT2D eigenvalue weighted by molar-refractivity contribution is 8.15. The lowest BCUT2D eigenvalue weighted by atomic mass is 9.96. The third-order valence-corrected chi connectivity index (χ3v) is 6.18. The van der Waals surface area contributed by atoms with Gasteiger partial charge in [-0.1, -0.05) is 43.2 Å². The number of nitrogens with one attached hydrogen (secondary N) is 1. The number of hydrogen-bond acceptors (Lipinski definition) is 6. The predicted octanol–water partition coefficient (Wildman–Crippen LogP) is 3.05. The van der Waals surface area contributed by atoms with Crippen LogP contribution in [0.2, 0.25) is 0 Å². The van der Waals surface area contributed by atoms with Crippen LogP contribution in [0.25, 0.3) is 0 Å². The number of nitrogens with zero attached hydrogens (tertiary/aromatic N) is 4. The fourth-order valence-corrected chi connectivity index (χ4v) is 4.20. The van der Waals surface area contributed by atoms with Crippen LogP contribution >= 0.6 is 11.8 Å². The topological polar surface area (TPSA) is 60.3 Å². The Morgan fingerprint density at radius 3 is 2.57 bits per heavy atom. The fourth-order valence-electron chi connectivity index (χ4n) is 3.35. The van der Waals surface area contributed by atoms with Gasteiger partial charge in [-0.25, -0.2) is 0 Å². The number of carbonyl (C=O) groups is 1. The summed E-state index contributed by atoms with van der Waals surface area (Å²) in [6, 6.07) is 8.20. The first-order valence-corrected chi connectivity index (χ1v) is 10.9. The van der Waals surface area contributed by atoms with Crippen molar-refractivity contribution in [2.24, 2.45) is 10.1 Å². The lowest BCUT2D eigenvalue weighted by Crippen LogP contribution is -2.33. The Morgan fingerprint density at radius 2 is 1.89 bits per heavy atom. The SMILES string of the molecule is CN(C)CCN(C)C(=O)c1ccc(C2=NNC(C=NC3CCCCC3)S2)cc1. The van der Waals surface area contributed by atoms with Gasteiger partial charge in [0, 0.05) is 43.5 Å². The predicted molar refractivity (Wildman–Crippen MR) is 118 cm³/mol. The second-order valence-corrected chi connectivity index (χ2v) is 8.91. The number of amides is 1. The van der Waals surface area contributed by atoms with E-state index in [0.29, 0.717) is 18.2 Å². The first-order valence-electron chi connectivity index (χ1n) is 10.1. The number of thioether (sulfide) groups is 1. The number of rotatable bonds is 7. The maximum atomic E-state index is 12.5.